The molecule has 0 unspecified atom stereocenters. The van der Waals surface area contributed by atoms with Crippen LogP contribution < -0.4 is 9.47 Å². The molecule has 0 N–H and O–H groups in total. The van der Waals surface area contributed by atoms with E-state index in [1.165, 1.54) is 19.2 Å². The molecule has 94 valence electrons. The zero-order chi connectivity index (χ0) is 13.1. The molecule has 0 saturated heterocycles. The van der Waals surface area contributed by atoms with E-state index in [2.05, 4.69) is 0 Å². The summed E-state index contributed by atoms with van der Waals surface area (Å²) in [5.41, 5.74) is -0.0442. The Balaban J connectivity index is 2.41. The lowest BCUT2D eigenvalue weighted by Gasteiger charge is -2.27. The van der Waals surface area contributed by atoms with Crippen molar-refractivity contribution >= 4 is 5.69 Å². The highest BCUT2D eigenvalue weighted by Crippen LogP contribution is 2.38. The summed E-state index contributed by atoms with van der Waals surface area (Å²) in [4.78, 5) is 10.2. The van der Waals surface area contributed by atoms with Crippen molar-refractivity contribution in [2.75, 3.05) is 7.11 Å². The molecular weight excluding hydrogens is 236 g/mol. The van der Waals surface area contributed by atoms with Crippen LogP contribution in [-0.4, -0.2) is 18.1 Å². The minimum atomic E-state index is -0.559. The first-order valence-corrected chi connectivity index (χ1v) is 5.59. The van der Waals surface area contributed by atoms with E-state index in [9.17, 15) is 10.1 Å². The van der Waals surface area contributed by atoms with Gasteiger partial charge in [-0.25, -0.2) is 0 Å². The Labute approximate surface area is 104 Å². The number of non-ortho nitro benzene ring substituents is 1. The fourth-order valence-electron chi connectivity index (χ4n) is 1.70. The second-order valence-electron chi connectivity index (χ2n) is 4.06. The van der Waals surface area contributed by atoms with E-state index in [-0.39, 0.29) is 23.1 Å². The third kappa shape index (κ3) is 2.20. The van der Waals surface area contributed by atoms with E-state index in [4.69, 9.17) is 14.7 Å². The normalized spacial score (nSPS) is 14.4. The van der Waals surface area contributed by atoms with Crippen LogP contribution in [-0.2, 0) is 0 Å². The number of ether oxygens (including phenoxy) is 2. The number of rotatable bonds is 4. The maximum atomic E-state index is 10.7. The van der Waals surface area contributed by atoms with Crippen molar-refractivity contribution in [3.63, 3.8) is 0 Å². The Hall–Kier alpha value is -2.29. The molecule has 1 fully saturated rings. The molecule has 0 atom stereocenters. The maximum absolute atomic E-state index is 10.7. The Morgan fingerprint density at radius 1 is 1.50 bits per heavy atom. The Morgan fingerprint density at radius 2 is 2.22 bits per heavy atom. The van der Waals surface area contributed by atoms with E-state index in [0.717, 1.165) is 19.3 Å². The van der Waals surface area contributed by atoms with Crippen molar-refractivity contribution in [1.29, 1.82) is 5.26 Å². The number of hydrogen-bond donors (Lipinski definition) is 0. The average molecular weight is 248 g/mol. The van der Waals surface area contributed by atoms with Crippen LogP contribution in [0.2, 0.25) is 0 Å². The summed E-state index contributed by atoms with van der Waals surface area (Å²) in [6, 6.07) is 4.39. The molecule has 0 heterocycles. The van der Waals surface area contributed by atoms with Crippen molar-refractivity contribution in [3.05, 3.63) is 27.8 Å². The van der Waals surface area contributed by atoms with Gasteiger partial charge in [0.25, 0.3) is 5.69 Å². The van der Waals surface area contributed by atoms with Gasteiger partial charge >= 0.3 is 0 Å². The lowest BCUT2D eigenvalue weighted by Crippen LogP contribution is -2.25. The molecule has 18 heavy (non-hydrogen) atoms. The highest BCUT2D eigenvalue weighted by molar-refractivity contribution is 5.59. The van der Waals surface area contributed by atoms with Gasteiger partial charge in [-0.1, -0.05) is 0 Å². The van der Waals surface area contributed by atoms with E-state index in [1.807, 2.05) is 6.07 Å². The molecule has 1 aromatic carbocycles. The van der Waals surface area contributed by atoms with Gasteiger partial charge in [0.05, 0.1) is 24.2 Å². The maximum Gasteiger partial charge on any atom is 0.274 e. The van der Waals surface area contributed by atoms with Gasteiger partial charge in [-0.3, -0.25) is 10.1 Å². The van der Waals surface area contributed by atoms with Crippen LogP contribution >= 0.6 is 0 Å². The third-order valence-corrected chi connectivity index (χ3v) is 2.93. The number of nitrogens with zero attached hydrogens (tertiary/aromatic N) is 2. The average Bonchev–Trinajstić information content (AvgIpc) is 2.32. The first-order valence-electron chi connectivity index (χ1n) is 5.59. The zero-order valence-electron chi connectivity index (χ0n) is 9.88. The highest BCUT2D eigenvalue weighted by atomic mass is 16.6. The van der Waals surface area contributed by atoms with Gasteiger partial charge in [0.1, 0.15) is 11.6 Å². The van der Waals surface area contributed by atoms with Crippen molar-refractivity contribution < 1.29 is 14.4 Å². The minimum Gasteiger partial charge on any atom is -0.493 e. The summed E-state index contributed by atoms with van der Waals surface area (Å²) in [6.45, 7) is 0. The summed E-state index contributed by atoms with van der Waals surface area (Å²) >= 11 is 0. The van der Waals surface area contributed by atoms with Crippen LogP contribution in [0.3, 0.4) is 0 Å². The Morgan fingerprint density at radius 3 is 2.67 bits per heavy atom. The molecule has 1 aliphatic rings. The van der Waals surface area contributed by atoms with Crippen LogP contribution in [0.15, 0.2) is 12.1 Å². The zero-order valence-corrected chi connectivity index (χ0v) is 9.88. The molecule has 0 bridgehead atoms. The predicted octanol–water partition coefficient (Wildman–Crippen LogP) is 2.41. The van der Waals surface area contributed by atoms with Crippen LogP contribution in [0.5, 0.6) is 11.5 Å². The standard InChI is InChI=1S/C12H12N2O4/c1-17-11-6-9(14(15)16)5-8(7-13)12(11)18-10-3-2-4-10/h5-6,10H,2-4H2,1H3. The van der Waals surface area contributed by atoms with E-state index in [0.29, 0.717) is 5.75 Å². The fourth-order valence-corrected chi connectivity index (χ4v) is 1.70. The summed E-state index contributed by atoms with van der Waals surface area (Å²) in [6.07, 6.45) is 3.05. The van der Waals surface area contributed by atoms with Crippen LogP contribution in [0.4, 0.5) is 5.69 Å². The first-order chi connectivity index (χ1) is 8.65. The van der Waals surface area contributed by atoms with Gasteiger partial charge in [-0.15, -0.1) is 0 Å². The summed E-state index contributed by atoms with van der Waals surface area (Å²) in [5, 5.41) is 19.8. The predicted molar refractivity (Wildman–Crippen MR) is 62.6 cm³/mol. The van der Waals surface area contributed by atoms with Gasteiger partial charge in [0, 0.05) is 6.07 Å². The number of nitro groups is 1. The molecule has 0 spiro atoms. The van der Waals surface area contributed by atoms with Crippen LogP contribution in [0.1, 0.15) is 24.8 Å². The van der Waals surface area contributed by atoms with E-state index < -0.39 is 4.92 Å². The monoisotopic (exact) mass is 248 g/mol. The SMILES string of the molecule is COc1cc([N+](=O)[O-])cc(C#N)c1OC1CCC1. The second kappa shape index (κ2) is 4.92. The smallest absolute Gasteiger partial charge is 0.274 e. The largest absolute Gasteiger partial charge is 0.493 e. The molecule has 1 saturated carbocycles. The van der Waals surface area contributed by atoms with Gasteiger partial charge in [-0.05, 0) is 19.3 Å². The van der Waals surface area contributed by atoms with Gasteiger partial charge in [0.15, 0.2) is 11.5 Å². The highest BCUT2D eigenvalue weighted by Gasteiger charge is 2.25. The Kier molecular flexibility index (Phi) is 3.33. The number of benzene rings is 1. The Bertz CT molecular complexity index is 518. The molecule has 6 nitrogen and oxygen atoms in total. The second-order valence-corrected chi connectivity index (χ2v) is 4.06. The number of nitro benzene ring substituents is 1. The van der Waals surface area contributed by atoms with Gasteiger partial charge in [-0.2, -0.15) is 5.26 Å². The molecule has 0 amide bonds. The van der Waals surface area contributed by atoms with E-state index >= 15 is 0 Å². The molecule has 0 aliphatic heterocycles. The van der Waals surface area contributed by atoms with Gasteiger partial charge < -0.3 is 9.47 Å². The summed E-state index contributed by atoms with van der Waals surface area (Å²) in [7, 11) is 1.40. The number of hydrogen-bond acceptors (Lipinski definition) is 5. The molecule has 1 aliphatic carbocycles. The van der Waals surface area contributed by atoms with Crippen LogP contribution in [0, 0.1) is 21.4 Å². The minimum absolute atomic E-state index is 0.0763. The van der Waals surface area contributed by atoms with Crippen molar-refractivity contribution in [2.24, 2.45) is 0 Å². The van der Waals surface area contributed by atoms with Crippen molar-refractivity contribution in [3.8, 4) is 17.6 Å². The molecule has 6 heteroatoms. The van der Waals surface area contributed by atoms with Gasteiger partial charge in [0.2, 0.25) is 0 Å². The van der Waals surface area contributed by atoms with E-state index in [1.54, 1.807) is 0 Å². The fraction of sp³-hybridized carbons (Fsp3) is 0.417. The molecule has 2 rings (SSSR count). The third-order valence-electron chi connectivity index (χ3n) is 2.93. The summed E-state index contributed by atoms with van der Waals surface area (Å²) in [5.74, 6) is 0.531. The number of nitriles is 1. The first kappa shape index (κ1) is 12.2. The van der Waals surface area contributed by atoms with Crippen molar-refractivity contribution in [1.82, 2.24) is 0 Å². The number of methoxy groups -OCH3 is 1. The molecule has 1 aromatic rings. The van der Waals surface area contributed by atoms with Crippen molar-refractivity contribution in [2.45, 2.75) is 25.4 Å². The summed E-state index contributed by atoms with van der Waals surface area (Å²) < 4.78 is 10.7. The van der Waals surface area contributed by atoms with Crippen LogP contribution in [0.25, 0.3) is 0 Å². The quantitative estimate of drug-likeness (QED) is 0.603. The lowest BCUT2D eigenvalue weighted by molar-refractivity contribution is -0.385. The lowest BCUT2D eigenvalue weighted by atomic mass is 9.96. The molecular formula is C12H12N2O4. The molecule has 0 aromatic heterocycles. The molecule has 0 radical (unpaired) electrons. The topological polar surface area (TPSA) is 85.4 Å².